The number of halogens is 1. The molecule has 2 N–H and O–H groups in total. The molecule has 3 aromatic heterocycles. The predicted molar refractivity (Wildman–Crippen MR) is 125 cm³/mol. The van der Waals surface area contributed by atoms with Crippen LogP contribution in [-0.2, 0) is 4.74 Å². The van der Waals surface area contributed by atoms with Gasteiger partial charge >= 0.3 is 0 Å². The van der Waals surface area contributed by atoms with Crippen LogP contribution in [0.3, 0.4) is 0 Å². The molecular formula is C24H24FN7O2. The molecule has 2 aliphatic rings. The quantitative estimate of drug-likeness (QED) is 0.472. The third-order valence-corrected chi connectivity index (χ3v) is 6.41. The fourth-order valence-electron chi connectivity index (χ4n) is 4.27. The summed E-state index contributed by atoms with van der Waals surface area (Å²) in [6.45, 7) is 4.78. The van der Waals surface area contributed by atoms with Crippen LogP contribution in [0.1, 0.15) is 40.5 Å². The molecule has 174 valence electrons. The Hall–Kier alpha value is -3.79. The van der Waals surface area contributed by atoms with Crippen molar-refractivity contribution in [3.05, 3.63) is 59.4 Å². The predicted octanol–water partition coefficient (Wildman–Crippen LogP) is 3.53. The molecule has 4 aromatic rings. The molecule has 34 heavy (non-hydrogen) atoms. The number of ether oxygens (including phenoxy) is 1. The Kier molecular flexibility index (Phi) is 5.02. The van der Waals surface area contributed by atoms with Gasteiger partial charge in [-0.3, -0.25) is 4.79 Å². The molecule has 0 spiro atoms. The third-order valence-electron chi connectivity index (χ3n) is 6.41. The van der Waals surface area contributed by atoms with Crippen molar-refractivity contribution in [2.24, 2.45) is 0 Å². The van der Waals surface area contributed by atoms with E-state index in [2.05, 4.69) is 30.5 Å². The molecule has 4 heterocycles. The van der Waals surface area contributed by atoms with Gasteiger partial charge in [0.05, 0.1) is 47.9 Å². The molecule has 0 radical (unpaired) electrons. The molecular weight excluding hydrogens is 437 g/mol. The molecule has 1 amide bonds. The highest BCUT2D eigenvalue weighted by Gasteiger charge is 2.28. The molecule has 9 nitrogen and oxygen atoms in total. The Morgan fingerprint density at radius 1 is 1.21 bits per heavy atom. The lowest BCUT2D eigenvalue weighted by Gasteiger charge is -2.28. The number of fused-ring (bicyclic) bond motifs is 1. The molecule has 0 atom stereocenters. The minimum Gasteiger partial charge on any atom is -0.378 e. The van der Waals surface area contributed by atoms with Gasteiger partial charge in [-0.1, -0.05) is 0 Å². The van der Waals surface area contributed by atoms with Crippen LogP contribution in [0.25, 0.3) is 16.9 Å². The summed E-state index contributed by atoms with van der Waals surface area (Å²) in [6.07, 6.45) is 5.60. The second-order valence-corrected chi connectivity index (χ2v) is 8.81. The number of carbonyl (C=O) groups excluding carboxylic acids is 1. The van der Waals surface area contributed by atoms with Gasteiger partial charge in [-0.2, -0.15) is 5.10 Å². The van der Waals surface area contributed by atoms with Gasteiger partial charge in [0.1, 0.15) is 11.6 Å². The number of hydrogen-bond donors (Lipinski definition) is 2. The first-order chi connectivity index (χ1) is 16.6. The zero-order chi connectivity index (χ0) is 23.2. The molecule has 1 aliphatic heterocycles. The molecule has 6 rings (SSSR count). The Morgan fingerprint density at radius 3 is 2.82 bits per heavy atom. The Labute approximate surface area is 194 Å². The summed E-state index contributed by atoms with van der Waals surface area (Å²) >= 11 is 0. The van der Waals surface area contributed by atoms with Gasteiger partial charge in [-0.25, -0.2) is 8.91 Å². The molecule has 2 fully saturated rings. The maximum atomic E-state index is 14.7. The van der Waals surface area contributed by atoms with E-state index in [1.54, 1.807) is 23.7 Å². The van der Waals surface area contributed by atoms with E-state index in [-0.39, 0.29) is 11.5 Å². The summed E-state index contributed by atoms with van der Waals surface area (Å²) in [7, 11) is 0. The van der Waals surface area contributed by atoms with Crippen LogP contribution >= 0.6 is 0 Å². The first-order valence-corrected chi connectivity index (χ1v) is 11.4. The zero-order valence-corrected chi connectivity index (χ0v) is 18.7. The number of carbonyl (C=O) groups is 1. The second-order valence-electron chi connectivity index (χ2n) is 8.81. The number of benzene rings is 1. The highest BCUT2D eigenvalue weighted by molar-refractivity contribution is 6.09. The fourth-order valence-corrected chi connectivity index (χ4v) is 4.27. The molecule has 0 bridgehead atoms. The van der Waals surface area contributed by atoms with E-state index in [0.717, 1.165) is 37.4 Å². The van der Waals surface area contributed by atoms with E-state index in [4.69, 9.17) is 4.74 Å². The minimum absolute atomic E-state index is 0.273. The normalized spacial score (nSPS) is 16.2. The van der Waals surface area contributed by atoms with Crippen molar-refractivity contribution in [1.29, 1.82) is 0 Å². The largest absolute Gasteiger partial charge is 0.378 e. The number of nitrogens with zero attached hydrogens (tertiary/aromatic N) is 5. The number of aromatic nitrogens is 5. The van der Waals surface area contributed by atoms with Gasteiger partial charge in [-0.05, 0) is 49.6 Å². The topological polar surface area (TPSA) is 100 Å². The van der Waals surface area contributed by atoms with Gasteiger partial charge in [-0.15, -0.1) is 10.2 Å². The van der Waals surface area contributed by atoms with E-state index < -0.39 is 5.82 Å². The monoisotopic (exact) mass is 461 g/mol. The lowest BCUT2D eigenvalue weighted by molar-refractivity contribution is 0.102. The number of rotatable bonds is 5. The first kappa shape index (κ1) is 20.8. The Morgan fingerprint density at radius 2 is 2.03 bits per heavy atom. The van der Waals surface area contributed by atoms with E-state index in [1.807, 2.05) is 18.3 Å². The Bertz CT molecular complexity index is 1390. The fraction of sp³-hybridized carbons (Fsp3) is 0.333. The second kappa shape index (κ2) is 8.21. The van der Waals surface area contributed by atoms with Gasteiger partial charge in [0.15, 0.2) is 5.82 Å². The van der Waals surface area contributed by atoms with Gasteiger partial charge < -0.3 is 19.9 Å². The summed E-state index contributed by atoms with van der Waals surface area (Å²) in [4.78, 5) is 18.5. The summed E-state index contributed by atoms with van der Waals surface area (Å²) in [5.41, 5.74) is 3.56. The van der Waals surface area contributed by atoms with Crippen molar-refractivity contribution < 1.29 is 13.9 Å². The van der Waals surface area contributed by atoms with Gasteiger partial charge in [0.2, 0.25) is 0 Å². The molecule has 0 unspecified atom stereocenters. The maximum absolute atomic E-state index is 14.7. The summed E-state index contributed by atoms with van der Waals surface area (Å²) in [5, 5.41) is 15.5. The molecule has 1 saturated heterocycles. The number of pyridine rings is 1. The molecule has 10 heteroatoms. The van der Waals surface area contributed by atoms with E-state index in [0.29, 0.717) is 47.3 Å². The smallest absolute Gasteiger partial charge is 0.259 e. The zero-order valence-electron chi connectivity index (χ0n) is 18.7. The third kappa shape index (κ3) is 3.79. The van der Waals surface area contributed by atoms with Crippen molar-refractivity contribution in [3.8, 4) is 11.4 Å². The number of anilines is 2. The highest BCUT2D eigenvalue weighted by Crippen LogP contribution is 2.38. The Balaban J connectivity index is 1.26. The van der Waals surface area contributed by atoms with Gasteiger partial charge in [0.25, 0.3) is 5.91 Å². The van der Waals surface area contributed by atoms with Crippen molar-refractivity contribution in [2.75, 3.05) is 36.5 Å². The number of aryl methyl sites for hydroxylation is 1. The van der Waals surface area contributed by atoms with E-state index in [1.165, 1.54) is 6.07 Å². The van der Waals surface area contributed by atoms with Crippen LogP contribution in [0.15, 0.2) is 36.7 Å². The first-order valence-electron chi connectivity index (χ1n) is 11.4. The van der Waals surface area contributed by atoms with Crippen LogP contribution in [0.5, 0.6) is 0 Å². The van der Waals surface area contributed by atoms with Crippen LogP contribution in [0.2, 0.25) is 0 Å². The summed E-state index contributed by atoms with van der Waals surface area (Å²) in [5.74, 6) is 0.796. The highest BCUT2D eigenvalue weighted by atomic mass is 19.1. The van der Waals surface area contributed by atoms with Crippen molar-refractivity contribution in [3.63, 3.8) is 0 Å². The number of H-pyrrole nitrogens is 1. The van der Waals surface area contributed by atoms with Crippen molar-refractivity contribution >= 4 is 22.8 Å². The van der Waals surface area contributed by atoms with Crippen molar-refractivity contribution in [2.45, 2.75) is 25.7 Å². The van der Waals surface area contributed by atoms with E-state index >= 15 is 0 Å². The van der Waals surface area contributed by atoms with Gasteiger partial charge in [0, 0.05) is 24.7 Å². The number of morpholine rings is 1. The molecule has 1 aromatic carbocycles. The van der Waals surface area contributed by atoms with Crippen LogP contribution < -0.4 is 10.2 Å². The van der Waals surface area contributed by atoms with Crippen molar-refractivity contribution in [1.82, 2.24) is 24.8 Å². The number of nitrogens with one attached hydrogen (secondary N) is 2. The number of aromatic amines is 1. The average molecular weight is 462 g/mol. The minimum atomic E-state index is -0.416. The summed E-state index contributed by atoms with van der Waals surface area (Å²) in [6, 6.07) is 6.88. The number of amides is 1. The van der Waals surface area contributed by atoms with Crippen LogP contribution in [0.4, 0.5) is 15.8 Å². The van der Waals surface area contributed by atoms with E-state index in [9.17, 15) is 9.18 Å². The molecule has 1 aliphatic carbocycles. The SMILES string of the molecule is Cc1cc(F)c(-c2nnc(C3CC3)[nH]2)cc1NC(=O)c1cnn2cc(N3CCOCC3)ccc12. The average Bonchev–Trinajstić information content (AvgIpc) is 3.42. The lowest BCUT2D eigenvalue weighted by Crippen LogP contribution is -2.36. The lowest BCUT2D eigenvalue weighted by atomic mass is 10.1. The van der Waals surface area contributed by atoms with Crippen LogP contribution in [0, 0.1) is 12.7 Å². The standard InChI is InChI=1S/C24H24FN7O2/c1-14-10-19(25)17(23-28-22(29-30-23)15-2-3-15)11-20(14)27-24(33)18-12-26-32-13-16(4-5-21(18)32)31-6-8-34-9-7-31/h4-5,10-13,15H,2-3,6-9H2,1H3,(H,27,33)(H,28,29,30). The number of hydrogen-bond acceptors (Lipinski definition) is 6. The maximum Gasteiger partial charge on any atom is 0.259 e. The van der Waals surface area contributed by atoms with Crippen LogP contribution in [-0.4, -0.2) is 57.0 Å². The molecule has 1 saturated carbocycles. The summed E-state index contributed by atoms with van der Waals surface area (Å²) < 4.78 is 21.9.